The fraction of sp³-hybridized carbons (Fsp3) is 0.308. The monoisotopic (exact) mass is 308 g/mol. The molecule has 0 bridgehead atoms. The Bertz CT molecular complexity index is 586. The Kier molecular flexibility index (Phi) is 3.56. The quantitative estimate of drug-likeness (QED) is 0.485. The predicted molar refractivity (Wildman–Crippen MR) is 84.2 cm³/mol. The van der Waals surface area contributed by atoms with E-state index >= 15 is 0 Å². The van der Waals surface area contributed by atoms with Crippen molar-refractivity contribution < 1.29 is 4.79 Å². The van der Waals surface area contributed by atoms with Crippen LogP contribution in [-0.4, -0.2) is 26.7 Å². The van der Waals surface area contributed by atoms with E-state index in [-0.39, 0.29) is 5.91 Å². The van der Waals surface area contributed by atoms with Gasteiger partial charge in [-0.3, -0.25) is 9.69 Å². The summed E-state index contributed by atoms with van der Waals surface area (Å²) < 4.78 is 0.591. The third kappa shape index (κ3) is 2.66. The lowest BCUT2D eigenvalue weighted by molar-refractivity contribution is -0.121. The zero-order valence-corrected chi connectivity index (χ0v) is 12.6. The maximum absolute atomic E-state index is 12.1. The van der Waals surface area contributed by atoms with Crippen LogP contribution in [0.3, 0.4) is 0 Å². The number of carbonyl (C=O) groups excluding carboxylic acids is 1. The molecule has 3 nitrogen and oxygen atoms in total. The Morgan fingerprint density at radius 1 is 1.58 bits per heavy atom. The largest absolute Gasteiger partial charge is 0.289 e. The van der Waals surface area contributed by atoms with E-state index in [2.05, 4.69) is 11.6 Å². The highest BCUT2D eigenvalue weighted by Crippen LogP contribution is 2.42. The molecule has 2 heterocycles. The molecule has 2 fully saturated rings. The summed E-state index contributed by atoms with van der Waals surface area (Å²) in [5.74, 6) is 0.610. The van der Waals surface area contributed by atoms with E-state index in [0.717, 1.165) is 5.69 Å². The van der Waals surface area contributed by atoms with Crippen LogP contribution >= 0.6 is 35.3 Å². The maximum Gasteiger partial charge on any atom is 0.266 e. The molecule has 0 N–H and O–H groups in total. The zero-order chi connectivity index (χ0) is 13.4. The molecule has 19 heavy (non-hydrogen) atoms. The number of thiazole rings is 1. The van der Waals surface area contributed by atoms with Crippen LogP contribution < -0.4 is 0 Å². The maximum atomic E-state index is 12.1. The van der Waals surface area contributed by atoms with E-state index < -0.39 is 0 Å². The van der Waals surface area contributed by atoms with Crippen molar-refractivity contribution in [3.63, 3.8) is 0 Å². The van der Waals surface area contributed by atoms with Crippen molar-refractivity contribution in [2.75, 3.05) is 6.54 Å². The number of nitrogens with zero attached hydrogens (tertiary/aromatic N) is 2. The van der Waals surface area contributed by atoms with Gasteiger partial charge in [0, 0.05) is 17.8 Å². The van der Waals surface area contributed by atoms with E-state index in [4.69, 9.17) is 12.2 Å². The molecule has 98 valence electrons. The summed E-state index contributed by atoms with van der Waals surface area (Å²) in [5.41, 5.74) is 0.867. The molecule has 1 aliphatic heterocycles. The minimum Gasteiger partial charge on any atom is -0.289 e. The Labute approximate surface area is 125 Å². The van der Waals surface area contributed by atoms with Gasteiger partial charge in [-0.2, -0.15) is 0 Å². The smallest absolute Gasteiger partial charge is 0.266 e. The summed E-state index contributed by atoms with van der Waals surface area (Å²) in [4.78, 5) is 18.9. The number of thioether (sulfide) groups is 1. The second-order valence-electron chi connectivity index (χ2n) is 4.47. The van der Waals surface area contributed by atoms with Crippen molar-refractivity contribution in [3.05, 3.63) is 33.6 Å². The molecule has 1 aromatic rings. The van der Waals surface area contributed by atoms with Crippen molar-refractivity contribution >= 4 is 51.6 Å². The zero-order valence-electron chi connectivity index (χ0n) is 10.2. The van der Waals surface area contributed by atoms with Crippen molar-refractivity contribution in [2.45, 2.75) is 18.8 Å². The number of hydrogen-bond acceptors (Lipinski definition) is 5. The SMILES string of the molecule is C=CCN1C(=O)/C(=C/c2csc(C3CC3)n2)SC1=S. The summed E-state index contributed by atoms with van der Waals surface area (Å²) in [6.45, 7) is 4.10. The standard InChI is InChI=1S/C13H12N2OS3/c1-2-5-15-12(16)10(19-13(15)17)6-9-7-18-11(14-9)8-3-4-8/h2,6-8H,1,3-5H2/b10-6-. The molecule has 1 aliphatic carbocycles. The molecule has 1 saturated carbocycles. The van der Waals surface area contributed by atoms with E-state index in [0.29, 0.717) is 21.7 Å². The molecule has 1 saturated heterocycles. The summed E-state index contributed by atoms with van der Waals surface area (Å²) >= 11 is 8.21. The van der Waals surface area contributed by atoms with Crippen LogP contribution in [0.1, 0.15) is 29.5 Å². The topological polar surface area (TPSA) is 33.2 Å². The minimum absolute atomic E-state index is 0.0455. The molecule has 0 atom stereocenters. The first-order valence-electron chi connectivity index (χ1n) is 6.00. The lowest BCUT2D eigenvalue weighted by Gasteiger charge is -2.10. The first kappa shape index (κ1) is 13.0. The van der Waals surface area contributed by atoms with Crippen LogP contribution in [0.15, 0.2) is 22.9 Å². The number of carbonyl (C=O) groups is 1. The van der Waals surface area contributed by atoms with Crippen molar-refractivity contribution in [3.8, 4) is 0 Å². The second kappa shape index (κ2) is 5.19. The molecule has 0 spiro atoms. The van der Waals surface area contributed by atoms with Crippen LogP contribution in [0.25, 0.3) is 6.08 Å². The van der Waals surface area contributed by atoms with Crippen LogP contribution in [0.5, 0.6) is 0 Å². The summed E-state index contributed by atoms with van der Waals surface area (Å²) in [7, 11) is 0. The Morgan fingerprint density at radius 2 is 2.37 bits per heavy atom. The van der Waals surface area contributed by atoms with Gasteiger partial charge in [0.1, 0.15) is 4.32 Å². The molecule has 1 amide bonds. The molecule has 2 aliphatic rings. The number of aromatic nitrogens is 1. The van der Waals surface area contributed by atoms with Crippen molar-refractivity contribution in [2.24, 2.45) is 0 Å². The third-order valence-corrected chi connectivity index (χ3v) is 5.33. The van der Waals surface area contributed by atoms with Crippen molar-refractivity contribution in [1.82, 2.24) is 9.88 Å². The van der Waals surface area contributed by atoms with Crippen LogP contribution in [0.4, 0.5) is 0 Å². The highest BCUT2D eigenvalue weighted by molar-refractivity contribution is 8.26. The molecule has 3 rings (SSSR count). The summed E-state index contributed by atoms with van der Waals surface area (Å²) in [5, 5.41) is 3.20. The minimum atomic E-state index is -0.0455. The average Bonchev–Trinajstić information content (AvgIpc) is 3.09. The molecular weight excluding hydrogens is 296 g/mol. The molecule has 6 heteroatoms. The van der Waals surface area contributed by atoms with E-state index in [1.165, 1.54) is 29.6 Å². The first-order chi connectivity index (χ1) is 9.19. The van der Waals surface area contributed by atoms with Gasteiger partial charge >= 0.3 is 0 Å². The van der Waals surface area contributed by atoms with Crippen LogP contribution in [-0.2, 0) is 4.79 Å². The molecule has 0 radical (unpaired) electrons. The lowest BCUT2D eigenvalue weighted by Crippen LogP contribution is -2.27. The Hall–Kier alpha value is -0.980. The van der Waals surface area contributed by atoms with Gasteiger partial charge in [-0.25, -0.2) is 4.98 Å². The highest BCUT2D eigenvalue weighted by atomic mass is 32.2. The van der Waals surface area contributed by atoms with E-state index in [1.54, 1.807) is 22.3 Å². The van der Waals surface area contributed by atoms with Gasteiger partial charge in [0.2, 0.25) is 0 Å². The highest BCUT2D eigenvalue weighted by Gasteiger charge is 2.31. The predicted octanol–water partition coefficient (Wildman–Crippen LogP) is 3.41. The average molecular weight is 308 g/mol. The van der Waals surface area contributed by atoms with Gasteiger partial charge in [-0.1, -0.05) is 30.1 Å². The first-order valence-corrected chi connectivity index (χ1v) is 8.11. The van der Waals surface area contributed by atoms with Crippen molar-refractivity contribution in [1.29, 1.82) is 0 Å². The lowest BCUT2D eigenvalue weighted by atomic mass is 10.3. The van der Waals surface area contributed by atoms with Gasteiger partial charge in [-0.05, 0) is 18.9 Å². The van der Waals surface area contributed by atoms with Gasteiger partial charge in [0.05, 0.1) is 15.6 Å². The van der Waals surface area contributed by atoms with E-state index in [1.807, 2.05) is 11.5 Å². The number of hydrogen-bond donors (Lipinski definition) is 0. The van der Waals surface area contributed by atoms with E-state index in [9.17, 15) is 4.79 Å². The molecule has 1 aromatic heterocycles. The number of amides is 1. The normalized spacial score (nSPS) is 21.5. The fourth-order valence-electron chi connectivity index (χ4n) is 1.81. The fourth-order valence-corrected chi connectivity index (χ4v) is 4.01. The second-order valence-corrected chi connectivity index (χ2v) is 7.03. The molecule has 0 aromatic carbocycles. The van der Waals surface area contributed by atoms with Crippen LogP contribution in [0.2, 0.25) is 0 Å². The van der Waals surface area contributed by atoms with Gasteiger partial charge < -0.3 is 0 Å². The van der Waals surface area contributed by atoms with Gasteiger partial charge in [0.25, 0.3) is 5.91 Å². The summed E-state index contributed by atoms with van der Waals surface area (Å²) in [6, 6.07) is 0. The third-order valence-electron chi connectivity index (χ3n) is 2.93. The molecular formula is C13H12N2OS3. The number of rotatable bonds is 4. The Morgan fingerprint density at radius 3 is 3.05 bits per heavy atom. The van der Waals surface area contributed by atoms with Crippen LogP contribution in [0, 0.1) is 0 Å². The van der Waals surface area contributed by atoms with Gasteiger partial charge in [0.15, 0.2) is 0 Å². The van der Waals surface area contributed by atoms with Gasteiger partial charge in [-0.15, -0.1) is 17.9 Å². The Balaban J connectivity index is 1.80. The number of thiocarbonyl (C=S) groups is 1. The molecule has 0 unspecified atom stereocenters. The summed E-state index contributed by atoms with van der Waals surface area (Å²) in [6.07, 6.45) is 6.01.